The predicted molar refractivity (Wildman–Crippen MR) is 229 cm³/mol. The number of hydrogen-bond acceptors (Lipinski definition) is 4. The molecule has 0 bridgehead atoms. The van der Waals surface area contributed by atoms with Crippen molar-refractivity contribution in [2.24, 2.45) is 0 Å². The fourth-order valence-electron chi connectivity index (χ4n) is 9.30. The van der Waals surface area contributed by atoms with Gasteiger partial charge < -0.3 is 0 Å². The second-order valence-corrected chi connectivity index (χ2v) is 16.3. The molecule has 1 aliphatic heterocycles. The average molecular weight is 736 g/mol. The first-order valence-electron chi connectivity index (χ1n) is 19.0. The summed E-state index contributed by atoms with van der Waals surface area (Å²) in [4.78, 5) is 18.5. The lowest BCUT2D eigenvalue weighted by Gasteiger charge is -2.22. The number of nitrogens with zero attached hydrogens (tertiary/aromatic N) is 5. The topological polar surface area (TPSA) is 48.5 Å². The van der Waals surface area contributed by atoms with Crippen LogP contribution in [0.25, 0.3) is 89.5 Å². The van der Waals surface area contributed by atoms with Crippen LogP contribution in [0.15, 0.2) is 174 Å². The van der Waals surface area contributed by atoms with Gasteiger partial charge in [0.2, 0.25) is 0 Å². The second-order valence-electron chi connectivity index (χ2n) is 15.2. The maximum atomic E-state index is 5.43. The van der Waals surface area contributed by atoms with Crippen LogP contribution in [0.4, 0.5) is 0 Å². The van der Waals surface area contributed by atoms with Crippen LogP contribution in [0.3, 0.4) is 0 Å². The largest absolute Gasteiger partial charge is 0.294 e. The third kappa shape index (κ3) is 4.30. The van der Waals surface area contributed by atoms with Gasteiger partial charge in [0, 0.05) is 48.1 Å². The lowest BCUT2D eigenvalue weighted by atomic mass is 9.82. The van der Waals surface area contributed by atoms with Crippen LogP contribution in [-0.2, 0) is 5.41 Å². The molecule has 0 radical (unpaired) electrons. The Hall–Kier alpha value is -6.76. The average Bonchev–Trinajstić information content (AvgIpc) is 3.85. The van der Waals surface area contributed by atoms with Gasteiger partial charge in [-0.05, 0) is 58.7 Å². The van der Waals surface area contributed by atoms with Crippen molar-refractivity contribution in [3.05, 3.63) is 175 Å². The smallest absolute Gasteiger partial charge is 0.166 e. The van der Waals surface area contributed by atoms with Crippen molar-refractivity contribution in [2.45, 2.75) is 29.1 Å². The second kappa shape index (κ2) is 11.6. The highest BCUT2D eigenvalue weighted by molar-refractivity contribution is 7.99. The Morgan fingerprint density at radius 2 is 1.07 bits per heavy atom. The van der Waals surface area contributed by atoms with E-state index in [1.807, 2.05) is 30.0 Å². The molecule has 6 heteroatoms. The lowest BCUT2D eigenvalue weighted by Crippen LogP contribution is -2.14. The summed E-state index contributed by atoms with van der Waals surface area (Å²) in [5.74, 6) is 1.93. The summed E-state index contributed by atoms with van der Waals surface area (Å²) < 4.78 is 4.91. The SMILES string of the molecule is CC1(C)c2ccccc2-c2c(-c3nc(-c4ccccc4)nc(-c4ccccc4-n4c5ccccc5c5c6cccc7c6n(c54)-c4ccccc4S7)n3)cccc21. The van der Waals surface area contributed by atoms with Gasteiger partial charge in [-0.3, -0.25) is 9.13 Å². The molecule has 0 spiro atoms. The molecule has 0 N–H and O–H groups in total. The maximum Gasteiger partial charge on any atom is 0.166 e. The molecule has 0 saturated heterocycles. The monoisotopic (exact) mass is 735 g/mol. The van der Waals surface area contributed by atoms with Gasteiger partial charge >= 0.3 is 0 Å². The van der Waals surface area contributed by atoms with Crippen LogP contribution in [0.2, 0.25) is 0 Å². The van der Waals surface area contributed by atoms with E-state index in [4.69, 9.17) is 15.0 Å². The first-order chi connectivity index (χ1) is 27.6. The molecule has 5 nitrogen and oxygen atoms in total. The molecule has 12 rings (SSSR count). The van der Waals surface area contributed by atoms with Crippen molar-refractivity contribution in [3.63, 3.8) is 0 Å². The maximum absolute atomic E-state index is 5.43. The zero-order valence-electron chi connectivity index (χ0n) is 30.7. The minimum atomic E-state index is -0.147. The van der Waals surface area contributed by atoms with E-state index in [9.17, 15) is 0 Å². The van der Waals surface area contributed by atoms with Crippen molar-refractivity contribution in [1.29, 1.82) is 0 Å². The standard InChI is InChI=1S/C50H33N5S/c1-50(2)36-23-9-6-18-31(36)43-35(22-14-24-37(43)50)48-52-46(30-16-4-3-5-17-30)51-47(53-48)33-20-8-11-26-39(33)54-38-25-10-7-19-32(38)44-34-21-15-29-42-45(34)55(49(44)54)40-27-12-13-28-41(40)56-42/h3-29H,1-2H3. The quantitative estimate of drug-likeness (QED) is 0.181. The van der Waals surface area contributed by atoms with E-state index in [0.29, 0.717) is 17.5 Å². The van der Waals surface area contributed by atoms with Crippen LogP contribution < -0.4 is 0 Å². The van der Waals surface area contributed by atoms with Gasteiger partial charge in [-0.1, -0.05) is 153 Å². The fourth-order valence-corrected chi connectivity index (χ4v) is 10.4. The van der Waals surface area contributed by atoms with Crippen LogP contribution in [-0.4, -0.2) is 24.1 Å². The summed E-state index contributed by atoms with van der Waals surface area (Å²) >= 11 is 1.85. The molecule has 0 fully saturated rings. The molecule has 0 amide bonds. The Bertz CT molecular complexity index is 3260. The van der Waals surface area contributed by atoms with Gasteiger partial charge in [-0.15, -0.1) is 0 Å². The van der Waals surface area contributed by atoms with Crippen LogP contribution in [0.5, 0.6) is 0 Å². The minimum absolute atomic E-state index is 0.147. The predicted octanol–water partition coefficient (Wildman–Crippen LogP) is 12.7. The van der Waals surface area contributed by atoms with Crippen molar-refractivity contribution < 1.29 is 0 Å². The Morgan fingerprint density at radius 1 is 0.464 bits per heavy atom. The van der Waals surface area contributed by atoms with E-state index < -0.39 is 0 Å². The van der Waals surface area contributed by atoms with E-state index in [1.165, 1.54) is 59.4 Å². The van der Waals surface area contributed by atoms with Crippen LogP contribution in [0, 0.1) is 0 Å². The highest BCUT2D eigenvalue weighted by Crippen LogP contribution is 2.52. The van der Waals surface area contributed by atoms with Crippen molar-refractivity contribution >= 4 is 44.6 Å². The number of fused-ring (bicyclic) bond motifs is 10. The molecule has 0 unspecified atom stereocenters. The third-order valence-corrected chi connectivity index (χ3v) is 12.9. The highest BCUT2D eigenvalue weighted by Gasteiger charge is 2.37. The Kier molecular flexibility index (Phi) is 6.55. The third-order valence-electron chi connectivity index (χ3n) is 11.8. The molecule has 1 aliphatic carbocycles. The molecule has 10 aromatic rings. The first-order valence-corrected chi connectivity index (χ1v) is 19.9. The fraction of sp³-hybridized carbons (Fsp3) is 0.0600. The summed E-state index contributed by atoms with van der Waals surface area (Å²) in [7, 11) is 0. The molecule has 4 heterocycles. The van der Waals surface area contributed by atoms with E-state index in [-0.39, 0.29) is 5.41 Å². The zero-order chi connectivity index (χ0) is 37.1. The molecular weight excluding hydrogens is 703 g/mol. The summed E-state index contributed by atoms with van der Waals surface area (Å²) in [5.41, 5.74) is 13.5. The van der Waals surface area contributed by atoms with Crippen molar-refractivity contribution in [2.75, 3.05) is 0 Å². The van der Waals surface area contributed by atoms with Gasteiger partial charge in [-0.25, -0.2) is 15.0 Å². The van der Waals surface area contributed by atoms with E-state index in [1.54, 1.807) is 0 Å². The number of para-hydroxylation sites is 4. The molecular formula is C50H33N5S. The summed E-state index contributed by atoms with van der Waals surface area (Å²) in [5, 5.41) is 3.71. The van der Waals surface area contributed by atoms with Gasteiger partial charge in [0.25, 0.3) is 0 Å². The number of rotatable bonds is 4. The van der Waals surface area contributed by atoms with Crippen LogP contribution >= 0.6 is 11.8 Å². The van der Waals surface area contributed by atoms with Crippen LogP contribution in [0.1, 0.15) is 25.0 Å². The van der Waals surface area contributed by atoms with E-state index >= 15 is 0 Å². The van der Waals surface area contributed by atoms with Gasteiger partial charge in [0.05, 0.1) is 22.4 Å². The Labute approximate surface area is 328 Å². The molecule has 264 valence electrons. The minimum Gasteiger partial charge on any atom is -0.294 e. The molecule has 3 aromatic heterocycles. The summed E-state index contributed by atoms with van der Waals surface area (Å²) in [6.07, 6.45) is 0. The summed E-state index contributed by atoms with van der Waals surface area (Å²) in [6.45, 7) is 4.62. The zero-order valence-corrected chi connectivity index (χ0v) is 31.5. The van der Waals surface area contributed by atoms with Gasteiger partial charge in [0.15, 0.2) is 17.5 Å². The van der Waals surface area contributed by atoms with E-state index in [0.717, 1.165) is 33.5 Å². The Morgan fingerprint density at radius 3 is 1.95 bits per heavy atom. The number of hydrogen-bond donors (Lipinski definition) is 0. The molecule has 0 saturated carbocycles. The normalized spacial score (nSPS) is 13.6. The first kappa shape index (κ1) is 31.6. The number of benzene rings is 7. The molecule has 0 atom stereocenters. The molecule has 56 heavy (non-hydrogen) atoms. The van der Waals surface area contributed by atoms with Gasteiger partial charge in [0.1, 0.15) is 5.65 Å². The molecule has 2 aliphatic rings. The highest BCUT2D eigenvalue weighted by atomic mass is 32.2. The lowest BCUT2D eigenvalue weighted by molar-refractivity contribution is 0.660. The van der Waals surface area contributed by atoms with E-state index in [2.05, 4.69) is 169 Å². The summed E-state index contributed by atoms with van der Waals surface area (Å²) in [6, 6.07) is 58.4. The molecule has 7 aromatic carbocycles. The van der Waals surface area contributed by atoms with Gasteiger partial charge in [-0.2, -0.15) is 0 Å². The van der Waals surface area contributed by atoms with Crippen molar-refractivity contribution in [3.8, 4) is 56.7 Å². The number of aromatic nitrogens is 5. The Balaban J connectivity index is 1.17. The van der Waals surface area contributed by atoms with Crippen molar-refractivity contribution in [1.82, 2.24) is 24.1 Å².